The van der Waals surface area contributed by atoms with Crippen LogP contribution in [0.3, 0.4) is 0 Å². The van der Waals surface area contributed by atoms with Crippen LogP contribution in [-0.4, -0.2) is 62.0 Å². The molecule has 0 radical (unpaired) electrons. The smallest absolute Gasteiger partial charge is 0.393 e. The van der Waals surface area contributed by atoms with Crippen LogP contribution in [0.5, 0.6) is 0 Å². The quantitative estimate of drug-likeness (QED) is 0.518. The molecule has 0 aliphatic carbocycles. The minimum Gasteiger partial charge on any atom is -0.393 e. The Kier molecular flexibility index (Phi) is 8.09. The number of nitrogens with zero attached hydrogens (tertiary/aromatic N) is 6. The number of piperidine rings is 1. The van der Waals surface area contributed by atoms with E-state index in [1.54, 1.807) is 42.0 Å². The van der Waals surface area contributed by atoms with Crippen molar-refractivity contribution in [1.82, 2.24) is 14.9 Å². The Labute approximate surface area is 229 Å². The van der Waals surface area contributed by atoms with E-state index in [1.807, 2.05) is 0 Å². The summed E-state index contributed by atoms with van der Waals surface area (Å²) < 4.78 is 40.5. The van der Waals surface area contributed by atoms with Gasteiger partial charge in [0.05, 0.1) is 35.4 Å². The van der Waals surface area contributed by atoms with Crippen molar-refractivity contribution in [3.05, 3.63) is 47.5 Å². The fourth-order valence-electron chi connectivity index (χ4n) is 4.91. The molecule has 2 aromatic rings. The second-order valence-electron chi connectivity index (χ2n) is 10.1. The molecule has 2 fully saturated rings. The van der Waals surface area contributed by atoms with Crippen molar-refractivity contribution in [2.24, 2.45) is 0 Å². The first kappa shape index (κ1) is 28.6. The molecule has 4 rings (SSSR count). The molecule has 13 heteroatoms. The summed E-state index contributed by atoms with van der Waals surface area (Å²) in [6.07, 6.45) is 0.212. The Morgan fingerprint density at radius 3 is 2.46 bits per heavy atom. The third-order valence-corrected chi connectivity index (χ3v) is 7.56. The third-order valence-electron chi connectivity index (χ3n) is 7.10. The molecular weight excluding hydrogens is 533 g/mol. The molecule has 9 nitrogen and oxygen atoms in total. The average Bonchev–Trinajstić information content (AvgIpc) is 3.07. The molecule has 2 aliphatic heterocycles. The van der Waals surface area contributed by atoms with Crippen LogP contribution in [0.15, 0.2) is 30.6 Å². The molecule has 0 spiro atoms. The van der Waals surface area contributed by atoms with Gasteiger partial charge in [0, 0.05) is 25.2 Å². The minimum atomic E-state index is -4.82. The van der Waals surface area contributed by atoms with Crippen LogP contribution in [-0.2, 0) is 22.2 Å². The van der Waals surface area contributed by atoms with E-state index < -0.39 is 34.4 Å². The number of nitriles is 1. The van der Waals surface area contributed by atoms with Crippen molar-refractivity contribution in [3.63, 3.8) is 0 Å². The number of hydrogen-bond donors (Lipinski definition) is 2. The summed E-state index contributed by atoms with van der Waals surface area (Å²) in [7, 11) is 0. The van der Waals surface area contributed by atoms with Crippen LogP contribution in [0.2, 0.25) is 0 Å². The van der Waals surface area contributed by atoms with E-state index in [-0.39, 0.29) is 17.7 Å². The molecule has 0 bridgehead atoms. The van der Waals surface area contributed by atoms with Gasteiger partial charge in [-0.2, -0.15) is 18.4 Å². The van der Waals surface area contributed by atoms with Crippen LogP contribution in [0, 0.1) is 11.3 Å². The third kappa shape index (κ3) is 5.81. The number of anilines is 2. The second-order valence-corrected chi connectivity index (χ2v) is 10.6. The number of aryl methyl sites for hydroxylation is 1. The highest BCUT2D eigenvalue weighted by atomic mass is 32.1. The highest BCUT2D eigenvalue weighted by molar-refractivity contribution is 7.81. The van der Waals surface area contributed by atoms with E-state index in [4.69, 9.17) is 5.26 Å². The van der Waals surface area contributed by atoms with Gasteiger partial charge in [0.15, 0.2) is 11.2 Å². The molecule has 1 unspecified atom stereocenters. The monoisotopic (exact) mass is 562 g/mol. The minimum absolute atomic E-state index is 0.0554. The lowest BCUT2D eigenvalue weighted by atomic mass is 10.0. The van der Waals surface area contributed by atoms with Gasteiger partial charge in [-0.3, -0.25) is 19.5 Å². The van der Waals surface area contributed by atoms with Crippen molar-refractivity contribution in [1.29, 1.82) is 5.26 Å². The SMILES string of the molecule is CC1(C)C(=O)N(c2cnc(C#N)c(C(F)(F)F)c2)C(S)N1c1ccc(CCCC(=O)N2CCC(O)CC2)nc1. The second kappa shape index (κ2) is 11.0. The largest absolute Gasteiger partial charge is 0.419 e. The van der Waals surface area contributed by atoms with Gasteiger partial charge in [-0.1, -0.05) is 0 Å². The molecule has 2 aliphatic rings. The van der Waals surface area contributed by atoms with Crippen molar-refractivity contribution in [3.8, 4) is 6.07 Å². The van der Waals surface area contributed by atoms with E-state index in [9.17, 15) is 27.9 Å². The number of halogens is 3. The lowest BCUT2D eigenvalue weighted by molar-refractivity contribution is -0.138. The molecule has 208 valence electrons. The Morgan fingerprint density at radius 1 is 1.21 bits per heavy atom. The fraction of sp³-hybridized carbons (Fsp3) is 0.500. The van der Waals surface area contributed by atoms with E-state index in [0.29, 0.717) is 50.9 Å². The molecule has 2 saturated heterocycles. The lowest BCUT2D eigenvalue weighted by Gasteiger charge is -2.33. The zero-order valence-corrected chi connectivity index (χ0v) is 22.4. The van der Waals surface area contributed by atoms with Gasteiger partial charge >= 0.3 is 6.18 Å². The molecule has 0 saturated carbocycles. The Hall–Kier alpha value is -3.37. The van der Waals surface area contributed by atoms with Crippen molar-refractivity contribution < 1.29 is 27.9 Å². The predicted octanol–water partition coefficient (Wildman–Crippen LogP) is 3.52. The summed E-state index contributed by atoms with van der Waals surface area (Å²) in [4.78, 5) is 38.4. The summed E-state index contributed by atoms with van der Waals surface area (Å²) in [5, 5.41) is 18.6. The number of aliphatic hydroxyl groups excluding tert-OH is 1. The van der Waals surface area contributed by atoms with Gasteiger partial charge in [0.2, 0.25) is 5.91 Å². The number of thiol groups is 1. The summed E-state index contributed by atoms with van der Waals surface area (Å²) in [6, 6.07) is 5.72. The number of aliphatic hydroxyl groups is 1. The Bertz CT molecular complexity index is 1270. The molecule has 0 aromatic carbocycles. The van der Waals surface area contributed by atoms with Crippen LogP contribution < -0.4 is 9.80 Å². The van der Waals surface area contributed by atoms with Gasteiger partial charge in [0.25, 0.3) is 5.91 Å². The van der Waals surface area contributed by atoms with Gasteiger partial charge in [0.1, 0.15) is 11.6 Å². The molecule has 1 N–H and O–H groups in total. The molecule has 1 atom stereocenters. The van der Waals surface area contributed by atoms with Gasteiger partial charge in [-0.05, 0) is 57.7 Å². The van der Waals surface area contributed by atoms with Crippen LogP contribution in [0.4, 0.5) is 24.5 Å². The number of carbonyl (C=O) groups is 2. The first-order valence-corrected chi connectivity index (χ1v) is 13.1. The van der Waals surface area contributed by atoms with Crippen LogP contribution >= 0.6 is 12.6 Å². The standard InChI is InChI=1S/C26H29F3N6O3S/c1-25(2)23(38)34(18-12-20(26(27,28)29)21(13-30)32-15-18)24(39)35(25)17-7-6-16(31-14-17)4-3-5-22(37)33-10-8-19(36)9-11-33/h6-7,12,14-15,19,24,36,39H,3-5,8-11H2,1-2H3. The first-order chi connectivity index (χ1) is 18.3. The fourth-order valence-corrected chi connectivity index (χ4v) is 5.57. The number of carbonyl (C=O) groups excluding carboxylic acids is 2. The van der Waals surface area contributed by atoms with Gasteiger partial charge in [-0.15, -0.1) is 12.6 Å². The summed E-state index contributed by atoms with van der Waals surface area (Å²) in [5.74, 6) is -0.435. The maximum absolute atomic E-state index is 13.5. The predicted molar refractivity (Wildman–Crippen MR) is 140 cm³/mol. The summed E-state index contributed by atoms with van der Waals surface area (Å²) >= 11 is 4.57. The first-order valence-electron chi connectivity index (χ1n) is 12.5. The maximum Gasteiger partial charge on any atom is 0.419 e. The normalized spacial score (nSPS) is 19.9. The number of likely N-dealkylation sites (tertiary alicyclic amines) is 1. The van der Waals surface area contributed by atoms with E-state index in [1.165, 1.54) is 6.07 Å². The van der Waals surface area contributed by atoms with Crippen molar-refractivity contribution in [2.45, 2.75) is 69.3 Å². The Morgan fingerprint density at radius 2 is 1.87 bits per heavy atom. The number of alkyl halides is 3. The zero-order chi connectivity index (χ0) is 28.5. The number of hydrogen-bond acceptors (Lipinski definition) is 8. The maximum atomic E-state index is 13.5. The number of amides is 2. The summed E-state index contributed by atoms with van der Waals surface area (Å²) in [5.41, 5.74) is -2.97. The molecule has 2 amide bonds. The topological polar surface area (TPSA) is 114 Å². The molecule has 2 aromatic heterocycles. The van der Waals surface area contributed by atoms with Crippen molar-refractivity contribution in [2.75, 3.05) is 22.9 Å². The highest BCUT2D eigenvalue weighted by Crippen LogP contribution is 2.41. The highest BCUT2D eigenvalue weighted by Gasteiger charge is 2.52. The van der Waals surface area contributed by atoms with Crippen molar-refractivity contribution >= 4 is 35.8 Å². The average molecular weight is 563 g/mol. The molecule has 39 heavy (non-hydrogen) atoms. The van der Waals surface area contributed by atoms with Crippen LogP contribution in [0.1, 0.15) is 56.5 Å². The van der Waals surface area contributed by atoms with Gasteiger partial charge < -0.3 is 14.9 Å². The van der Waals surface area contributed by atoms with Crippen LogP contribution in [0.25, 0.3) is 0 Å². The van der Waals surface area contributed by atoms with E-state index >= 15 is 0 Å². The lowest BCUT2D eigenvalue weighted by Crippen LogP contribution is -2.45. The molecule has 4 heterocycles. The van der Waals surface area contributed by atoms with E-state index in [2.05, 4.69) is 22.6 Å². The number of aromatic nitrogens is 2. The Balaban J connectivity index is 1.46. The number of pyridine rings is 2. The zero-order valence-electron chi connectivity index (χ0n) is 21.5. The van der Waals surface area contributed by atoms with E-state index in [0.717, 1.165) is 22.9 Å². The number of rotatable bonds is 6. The molecular formula is C26H29F3N6O3S. The summed E-state index contributed by atoms with van der Waals surface area (Å²) in [6.45, 7) is 4.41. The van der Waals surface area contributed by atoms with Gasteiger partial charge in [-0.25, -0.2) is 4.98 Å².